The maximum absolute atomic E-state index is 5.26. The van der Waals surface area contributed by atoms with Gasteiger partial charge in [0.05, 0.1) is 5.60 Å². The number of rotatable bonds is 2. The number of methoxy groups -OCH3 is 1. The van der Waals surface area contributed by atoms with Gasteiger partial charge in [-0.15, -0.1) is 0 Å². The lowest BCUT2D eigenvalue weighted by Gasteiger charge is -2.35. The van der Waals surface area contributed by atoms with Crippen LogP contribution in [0.3, 0.4) is 0 Å². The number of hydrogen-bond donors (Lipinski definition) is 0. The van der Waals surface area contributed by atoms with E-state index in [2.05, 4.69) is 43.6 Å². The van der Waals surface area contributed by atoms with Crippen molar-refractivity contribution in [3.8, 4) is 0 Å². The molecule has 0 rings (SSSR count). The molecule has 0 radical (unpaired) electrons. The summed E-state index contributed by atoms with van der Waals surface area (Å²) in [6.45, 7) is 8.30. The van der Waals surface area contributed by atoms with E-state index >= 15 is 0 Å². The molecule has 0 spiro atoms. The predicted molar refractivity (Wildman–Crippen MR) is 44.1 cm³/mol. The second-order valence-corrected chi connectivity index (χ2v) is 5.17. The first-order chi connectivity index (χ1) is 3.81. The lowest BCUT2D eigenvalue weighted by atomic mass is 9.94. The van der Waals surface area contributed by atoms with Crippen LogP contribution in [0.25, 0.3) is 0 Å². The molecule has 0 N–H and O–H groups in total. The summed E-state index contributed by atoms with van der Waals surface area (Å²) in [5, 5.41) is 0. The molecule has 0 aliphatic heterocycles. The molecule has 0 saturated heterocycles. The second-order valence-electron chi connectivity index (χ2n) is 3.19. The van der Waals surface area contributed by atoms with E-state index in [1.165, 1.54) is 0 Å². The molecule has 2 heteroatoms. The van der Waals surface area contributed by atoms with Crippen molar-refractivity contribution in [1.29, 1.82) is 0 Å². The molecule has 0 fully saturated rings. The summed E-state index contributed by atoms with van der Waals surface area (Å²) in [6, 6.07) is 0. The van der Waals surface area contributed by atoms with E-state index in [4.69, 9.17) is 4.74 Å². The van der Waals surface area contributed by atoms with Crippen LogP contribution in [0.15, 0.2) is 0 Å². The lowest BCUT2D eigenvalue weighted by molar-refractivity contribution is 0.000266. The van der Waals surface area contributed by atoms with Crippen molar-refractivity contribution in [2.75, 3.05) is 7.11 Å². The minimum absolute atomic E-state index is 0.0365. The van der Waals surface area contributed by atoms with Gasteiger partial charge >= 0.3 is 0 Å². The third kappa shape index (κ3) is 2.26. The van der Waals surface area contributed by atoms with Gasteiger partial charge in [0, 0.05) is 11.4 Å². The zero-order chi connectivity index (χ0) is 7.71. The third-order valence-corrected chi connectivity index (χ3v) is 2.90. The van der Waals surface area contributed by atoms with Crippen LogP contribution in [0, 0.1) is 0 Å². The third-order valence-electron chi connectivity index (χ3n) is 1.94. The first-order valence-electron chi connectivity index (χ1n) is 3.05. The Balaban J connectivity index is 4.14. The largest absolute Gasteiger partial charge is 0.377 e. The Hall–Kier alpha value is 0.440. The molecule has 0 heterocycles. The highest BCUT2D eigenvalue weighted by Crippen LogP contribution is 2.32. The van der Waals surface area contributed by atoms with E-state index in [1.807, 2.05) is 0 Å². The molecule has 0 amide bonds. The minimum atomic E-state index is -0.104. The zero-order valence-electron chi connectivity index (χ0n) is 6.79. The van der Waals surface area contributed by atoms with Gasteiger partial charge in [-0.1, -0.05) is 15.9 Å². The van der Waals surface area contributed by atoms with Crippen LogP contribution in [0.5, 0.6) is 0 Å². The molecule has 56 valence electrons. The van der Waals surface area contributed by atoms with Crippen LogP contribution in [0.1, 0.15) is 27.7 Å². The molecule has 9 heavy (non-hydrogen) atoms. The van der Waals surface area contributed by atoms with E-state index in [-0.39, 0.29) is 9.93 Å². The quantitative estimate of drug-likeness (QED) is 0.615. The van der Waals surface area contributed by atoms with E-state index in [9.17, 15) is 0 Å². The summed E-state index contributed by atoms with van der Waals surface area (Å²) in [4.78, 5) is 0. The fourth-order valence-corrected chi connectivity index (χ4v) is 0.405. The molecule has 0 bridgehead atoms. The normalized spacial score (nSPS) is 14.0. The highest BCUT2D eigenvalue weighted by Gasteiger charge is 2.34. The van der Waals surface area contributed by atoms with Gasteiger partial charge in [-0.05, 0) is 27.7 Å². The van der Waals surface area contributed by atoms with Crippen molar-refractivity contribution in [1.82, 2.24) is 0 Å². The Kier molecular flexibility index (Phi) is 2.71. The zero-order valence-corrected chi connectivity index (χ0v) is 8.37. The molecule has 0 aliphatic rings. The summed E-state index contributed by atoms with van der Waals surface area (Å²) >= 11 is 3.54. The number of ether oxygens (including phenoxy) is 1. The highest BCUT2D eigenvalue weighted by molar-refractivity contribution is 9.10. The Morgan fingerprint density at radius 2 is 1.44 bits per heavy atom. The lowest BCUT2D eigenvalue weighted by Crippen LogP contribution is -2.41. The highest BCUT2D eigenvalue weighted by atomic mass is 79.9. The smallest absolute Gasteiger partial charge is 0.0769 e. The SMILES string of the molecule is COC(C)(C)C(C)(C)Br. The Labute approximate surface area is 65.9 Å². The van der Waals surface area contributed by atoms with Crippen molar-refractivity contribution in [2.45, 2.75) is 37.6 Å². The van der Waals surface area contributed by atoms with Crippen molar-refractivity contribution in [3.63, 3.8) is 0 Å². The van der Waals surface area contributed by atoms with Gasteiger partial charge in [0.1, 0.15) is 0 Å². The van der Waals surface area contributed by atoms with Gasteiger partial charge in [-0.25, -0.2) is 0 Å². The fraction of sp³-hybridized carbons (Fsp3) is 1.00. The average molecular weight is 195 g/mol. The summed E-state index contributed by atoms with van der Waals surface area (Å²) in [5.41, 5.74) is -0.104. The first-order valence-corrected chi connectivity index (χ1v) is 3.84. The summed E-state index contributed by atoms with van der Waals surface area (Å²) in [6.07, 6.45) is 0. The van der Waals surface area contributed by atoms with Crippen molar-refractivity contribution < 1.29 is 4.74 Å². The number of hydrogen-bond acceptors (Lipinski definition) is 1. The van der Waals surface area contributed by atoms with E-state index in [0.29, 0.717) is 0 Å². The van der Waals surface area contributed by atoms with Gasteiger partial charge in [0.15, 0.2) is 0 Å². The Morgan fingerprint density at radius 3 is 1.44 bits per heavy atom. The van der Waals surface area contributed by atoms with Crippen molar-refractivity contribution in [3.05, 3.63) is 0 Å². The Morgan fingerprint density at radius 1 is 1.11 bits per heavy atom. The molecule has 0 aromatic rings. The number of alkyl halides is 1. The molecular formula is C7H15BrO. The fourth-order valence-electron chi connectivity index (χ4n) is 0.243. The van der Waals surface area contributed by atoms with Crippen molar-refractivity contribution >= 4 is 15.9 Å². The van der Waals surface area contributed by atoms with E-state index < -0.39 is 0 Å². The van der Waals surface area contributed by atoms with Gasteiger partial charge in [-0.3, -0.25) is 0 Å². The van der Waals surface area contributed by atoms with Crippen LogP contribution < -0.4 is 0 Å². The summed E-state index contributed by atoms with van der Waals surface area (Å²) in [5.74, 6) is 0. The average Bonchev–Trinajstić information content (AvgIpc) is 1.64. The first kappa shape index (κ1) is 9.44. The van der Waals surface area contributed by atoms with Gasteiger partial charge in [0.25, 0.3) is 0 Å². The van der Waals surface area contributed by atoms with Gasteiger partial charge in [0.2, 0.25) is 0 Å². The van der Waals surface area contributed by atoms with E-state index in [1.54, 1.807) is 7.11 Å². The standard InChI is InChI=1S/C7H15BrO/c1-6(2,8)7(3,4)9-5/h1-5H3. The van der Waals surface area contributed by atoms with E-state index in [0.717, 1.165) is 0 Å². The predicted octanol–water partition coefficient (Wildman–Crippen LogP) is 2.58. The molecular weight excluding hydrogens is 180 g/mol. The summed E-state index contributed by atoms with van der Waals surface area (Å²) in [7, 11) is 1.73. The van der Waals surface area contributed by atoms with Gasteiger partial charge in [-0.2, -0.15) is 0 Å². The molecule has 0 aliphatic carbocycles. The maximum Gasteiger partial charge on any atom is 0.0769 e. The number of halogens is 1. The molecule has 0 aromatic heterocycles. The molecule has 0 aromatic carbocycles. The van der Waals surface area contributed by atoms with Crippen LogP contribution in [-0.4, -0.2) is 17.0 Å². The van der Waals surface area contributed by atoms with Crippen molar-refractivity contribution in [2.24, 2.45) is 0 Å². The molecule has 1 nitrogen and oxygen atoms in total. The topological polar surface area (TPSA) is 9.23 Å². The van der Waals surface area contributed by atoms with Crippen LogP contribution in [0.4, 0.5) is 0 Å². The van der Waals surface area contributed by atoms with Crippen LogP contribution >= 0.6 is 15.9 Å². The monoisotopic (exact) mass is 194 g/mol. The molecule has 0 unspecified atom stereocenters. The second kappa shape index (κ2) is 2.59. The summed E-state index contributed by atoms with van der Waals surface area (Å²) < 4.78 is 5.29. The molecule has 0 atom stereocenters. The van der Waals surface area contributed by atoms with Crippen LogP contribution in [-0.2, 0) is 4.74 Å². The Bertz CT molecular complexity index is 91.6. The molecule has 0 saturated carbocycles. The van der Waals surface area contributed by atoms with Gasteiger partial charge < -0.3 is 4.74 Å². The minimum Gasteiger partial charge on any atom is -0.377 e. The van der Waals surface area contributed by atoms with Crippen LogP contribution in [0.2, 0.25) is 0 Å². The maximum atomic E-state index is 5.26.